The number of nitrogens with one attached hydrogen (secondary N) is 1. The van der Waals surface area contributed by atoms with Crippen molar-refractivity contribution < 1.29 is 13.2 Å². The molecule has 1 aromatic heterocycles. The van der Waals surface area contributed by atoms with Gasteiger partial charge in [0.25, 0.3) is 0 Å². The van der Waals surface area contributed by atoms with Crippen LogP contribution < -0.4 is 10.5 Å². The lowest BCUT2D eigenvalue weighted by molar-refractivity contribution is 0.193. The Bertz CT molecular complexity index is 444. The molecule has 0 aliphatic carbocycles. The van der Waals surface area contributed by atoms with Crippen molar-refractivity contribution in [3.05, 3.63) is 12.4 Å². The molecule has 0 atom stereocenters. The first-order valence-electron chi connectivity index (χ1n) is 5.81. The third-order valence-corrected chi connectivity index (χ3v) is 3.76. The van der Waals surface area contributed by atoms with Crippen molar-refractivity contribution in [3.8, 4) is 0 Å². The van der Waals surface area contributed by atoms with Gasteiger partial charge in [0, 0.05) is 33.0 Å². The number of aromatic nitrogens is 2. The predicted molar refractivity (Wildman–Crippen MR) is 67.6 cm³/mol. The Balaban J connectivity index is 2.46. The molecule has 1 rings (SSSR count). The highest BCUT2D eigenvalue weighted by molar-refractivity contribution is 7.89. The van der Waals surface area contributed by atoms with Crippen LogP contribution in [0.15, 0.2) is 17.3 Å². The van der Waals surface area contributed by atoms with Crippen LogP contribution in [-0.2, 0) is 21.3 Å². The molecule has 0 fully saturated rings. The average Bonchev–Trinajstić information content (AvgIpc) is 2.79. The summed E-state index contributed by atoms with van der Waals surface area (Å²) in [6.07, 6.45) is 4.37. The summed E-state index contributed by atoms with van der Waals surface area (Å²) < 4.78 is 32.6. The Morgan fingerprint density at radius 3 is 2.94 bits per heavy atom. The number of methoxy groups -OCH3 is 1. The molecule has 0 aliphatic heterocycles. The molecule has 104 valence electrons. The first-order valence-corrected chi connectivity index (χ1v) is 7.29. The van der Waals surface area contributed by atoms with Gasteiger partial charge in [0.05, 0.1) is 12.7 Å². The number of ether oxygens (including phenoxy) is 1. The number of sulfonamides is 1. The predicted octanol–water partition coefficient (Wildman–Crippen LogP) is -0.453. The lowest BCUT2D eigenvalue weighted by Gasteiger charge is -2.04. The summed E-state index contributed by atoms with van der Waals surface area (Å²) in [5, 5.41) is 3.93. The Morgan fingerprint density at radius 2 is 2.28 bits per heavy atom. The van der Waals surface area contributed by atoms with Crippen LogP contribution >= 0.6 is 0 Å². The van der Waals surface area contributed by atoms with E-state index in [0.29, 0.717) is 26.2 Å². The van der Waals surface area contributed by atoms with E-state index in [1.807, 2.05) is 0 Å². The Labute approximate surface area is 107 Å². The van der Waals surface area contributed by atoms with Gasteiger partial charge in [0.15, 0.2) is 0 Å². The zero-order chi connectivity index (χ0) is 13.4. The van der Waals surface area contributed by atoms with E-state index in [1.165, 1.54) is 17.1 Å². The SMILES string of the molecule is COCCCCNS(=O)(=O)c1cnn(CCN)c1. The summed E-state index contributed by atoms with van der Waals surface area (Å²) in [4.78, 5) is 0.169. The van der Waals surface area contributed by atoms with Crippen molar-refractivity contribution in [2.45, 2.75) is 24.3 Å². The fourth-order valence-corrected chi connectivity index (χ4v) is 2.43. The number of unbranched alkanes of at least 4 members (excludes halogenated alkanes) is 1. The Hall–Kier alpha value is -0.960. The maximum Gasteiger partial charge on any atom is 0.243 e. The van der Waals surface area contributed by atoms with Gasteiger partial charge in [-0.15, -0.1) is 0 Å². The molecule has 3 N–H and O–H groups in total. The van der Waals surface area contributed by atoms with Gasteiger partial charge in [-0.3, -0.25) is 4.68 Å². The van der Waals surface area contributed by atoms with Gasteiger partial charge in [-0.1, -0.05) is 0 Å². The molecule has 0 aromatic carbocycles. The minimum atomic E-state index is -3.46. The topological polar surface area (TPSA) is 99.2 Å². The molecular formula is C10H20N4O3S. The second kappa shape index (κ2) is 7.47. The summed E-state index contributed by atoms with van der Waals surface area (Å²) in [5.74, 6) is 0. The molecule has 8 heteroatoms. The number of hydrogen-bond acceptors (Lipinski definition) is 5. The van der Waals surface area contributed by atoms with Crippen LogP contribution in [0, 0.1) is 0 Å². The molecular weight excluding hydrogens is 256 g/mol. The minimum Gasteiger partial charge on any atom is -0.385 e. The quantitative estimate of drug-likeness (QED) is 0.595. The second-order valence-electron chi connectivity index (χ2n) is 3.83. The number of nitrogens with zero attached hydrogens (tertiary/aromatic N) is 2. The minimum absolute atomic E-state index is 0.169. The molecule has 0 bridgehead atoms. The normalized spacial score (nSPS) is 11.9. The maximum absolute atomic E-state index is 11.9. The molecule has 0 radical (unpaired) electrons. The van der Waals surface area contributed by atoms with Crippen LogP contribution in [0.2, 0.25) is 0 Å². The lowest BCUT2D eigenvalue weighted by atomic mass is 10.3. The summed E-state index contributed by atoms with van der Waals surface area (Å²) in [6, 6.07) is 0. The van der Waals surface area contributed by atoms with E-state index < -0.39 is 10.0 Å². The largest absolute Gasteiger partial charge is 0.385 e. The molecule has 0 spiro atoms. The highest BCUT2D eigenvalue weighted by atomic mass is 32.2. The van der Waals surface area contributed by atoms with Crippen LogP contribution in [0.25, 0.3) is 0 Å². The van der Waals surface area contributed by atoms with E-state index >= 15 is 0 Å². The van der Waals surface area contributed by atoms with E-state index in [2.05, 4.69) is 9.82 Å². The average molecular weight is 276 g/mol. The molecule has 0 amide bonds. The molecule has 18 heavy (non-hydrogen) atoms. The third-order valence-electron chi connectivity index (χ3n) is 2.35. The van der Waals surface area contributed by atoms with Crippen molar-refractivity contribution in [1.82, 2.24) is 14.5 Å². The molecule has 0 aliphatic rings. The molecule has 0 saturated heterocycles. The third kappa shape index (κ3) is 4.73. The van der Waals surface area contributed by atoms with E-state index in [9.17, 15) is 8.42 Å². The number of hydrogen-bond donors (Lipinski definition) is 2. The first kappa shape index (κ1) is 15.1. The van der Waals surface area contributed by atoms with Crippen molar-refractivity contribution in [3.63, 3.8) is 0 Å². The van der Waals surface area contributed by atoms with Crippen molar-refractivity contribution in [2.24, 2.45) is 5.73 Å². The highest BCUT2D eigenvalue weighted by Crippen LogP contribution is 2.06. The molecule has 0 saturated carbocycles. The Kier molecular flexibility index (Phi) is 6.27. The van der Waals surface area contributed by atoms with Gasteiger partial charge >= 0.3 is 0 Å². The smallest absolute Gasteiger partial charge is 0.243 e. The van der Waals surface area contributed by atoms with Crippen LogP contribution in [0.4, 0.5) is 0 Å². The highest BCUT2D eigenvalue weighted by Gasteiger charge is 2.15. The molecule has 7 nitrogen and oxygen atoms in total. The van der Waals surface area contributed by atoms with Crippen LogP contribution in [0.3, 0.4) is 0 Å². The summed E-state index contributed by atoms with van der Waals surface area (Å²) in [5.41, 5.74) is 5.37. The Morgan fingerprint density at radius 1 is 1.50 bits per heavy atom. The van der Waals surface area contributed by atoms with Crippen molar-refractivity contribution in [2.75, 3.05) is 26.8 Å². The summed E-state index contributed by atoms with van der Waals surface area (Å²) in [7, 11) is -1.84. The van der Waals surface area contributed by atoms with Gasteiger partial charge in [-0.05, 0) is 12.8 Å². The van der Waals surface area contributed by atoms with Gasteiger partial charge < -0.3 is 10.5 Å². The zero-order valence-corrected chi connectivity index (χ0v) is 11.3. The monoisotopic (exact) mass is 276 g/mol. The van der Waals surface area contributed by atoms with Crippen LogP contribution in [0.5, 0.6) is 0 Å². The molecule has 1 heterocycles. The van der Waals surface area contributed by atoms with Crippen LogP contribution in [-0.4, -0.2) is 45.0 Å². The first-order chi connectivity index (χ1) is 8.60. The fourth-order valence-electron chi connectivity index (χ4n) is 1.40. The van der Waals surface area contributed by atoms with Crippen molar-refractivity contribution >= 4 is 10.0 Å². The van der Waals surface area contributed by atoms with Gasteiger partial charge in [-0.2, -0.15) is 5.10 Å². The van der Waals surface area contributed by atoms with E-state index in [-0.39, 0.29) is 4.90 Å². The summed E-state index contributed by atoms with van der Waals surface area (Å²) >= 11 is 0. The molecule has 0 unspecified atom stereocenters. The number of nitrogens with two attached hydrogens (primary N) is 1. The number of rotatable bonds is 9. The fraction of sp³-hybridized carbons (Fsp3) is 0.700. The maximum atomic E-state index is 11.9. The van der Waals surface area contributed by atoms with E-state index in [0.717, 1.165) is 12.8 Å². The molecule has 1 aromatic rings. The van der Waals surface area contributed by atoms with Crippen LogP contribution in [0.1, 0.15) is 12.8 Å². The lowest BCUT2D eigenvalue weighted by Crippen LogP contribution is -2.24. The van der Waals surface area contributed by atoms with E-state index in [1.54, 1.807) is 7.11 Å². The van der Waals surface area contributed by atoms with Crippen molar-refractivity contribution in [1.29, 1.82) is 0 Å². The second-order valence-corrected chi connectivity index (χ2v) is 5.59. The zero-order valence-electron chi connectivity index (χ0n) is 10.5. The van der Waals surface area contributed by atoms with Gasteiger partial charge in [0.1, 0.15) is 4.90 Å². The standard InChI is InChI=1S/C10H20N4O3S/c1-17-7-3-2-5-13-18(15,16)10-8-12-14(9-10)6-4-11/h8-9,13H,2-7,11H2,1H3. The van der Waals surface area contributed by atoms with E-state index in [4.69, 9.17) is 10.5 Å². The van der Waals surface area contributed by atoms with Gasteiger partial charge in [-0.25, -0.2) is 13.1 Å². The summed E-state index contributed by atoms with van der Waals surface area (Å²) in [6.45, 7) is 1.96. The van der Waals surface area contributed by atoms with Gasteiger partial charge in [0.2, 0.25) is 10.0 Å².